The Bertz CT molecular complexity index is 299. The lowest BCUT2D eigenvalue weighted by Crippen LogP contribution is -2.09. The molecule has 0 unspecified atom stereocenters. The predicted octanol–water partition coefficient (Wildman–Crippen LogP) is 4.40. The fraction of sp³-hybridized carbons (Fsp3) is 0.455. The SMILES string of the molecule is CCCC[C@@H](N)c1ccc(Br)c(Br)c1. The molecule has 1 aromatic rings. The van der Waals surface area contributed by atoms with Crippen LogP contribution in [0.25, 0.3) is 0 Å². The average molecular weight is 321 g/mol. The maximum atomic E-state index is 6.06. The summed E-state index contributed by atoms with van der Waals surface area (Å²) in [4.78, 5) is 0. The van der Waals surface area contributed by atoms with Crippen LogP contribution in [-0.4, -0.2) is 0 Å². The lowest BCUT2D eigenvalue weighted by atomic mass is 10.0. The molecule has 0 aliphatic heterocycles. The van der Waals surface area contributed by atoms with Crippen molar-refractivity contribution in [3.63, 3.8) is 0 Å². The van der Waals surface area contributed by atoms with Gasteiger partial charge < -0.3 is 5.73 Å². The summed E-state index contributed by atoms with van der Waals surface area (Å²) in [5.74, 6) is 0. The van der Waals surface area contributed by atoms with E-state index in [1.165, 1.54) is 18.4 Å². The molecule has 0 aromatic heterocycles. The number of hydrogen-bond donors (Lipinski definition) is 1. The molecular weight excluding hydrogens is 306 g/mol. The van der Waals surface area contributed by atoms with Crippen LogP contribution in [0.3, 0.4) is 0 Å². The van der Waals surface area contributed by atoms with Gasteiger partial charge in [0.2, 0.25) is 0 Å². The van der Waals surface area contributed by atoms with Crippen LogP contribution in [0, 0.1) is 0 Å². The summed E-state index contributed by atoms with van der Waals surface area (Å²) in [5.41, 5.74) is 7.27. The Balaban J connectivity index is 2.70. The van der Waals surface area contributed by atoms with Crippen molar-refractivity contribution in [2.24, 2.45) is 5.73 Å². The van der Waals surface area contributed by atoms with Crippen LogP contribution in [0.4, 0.5) is 0 Å². The largest absolute Gasteiger partial charge is 0.324 e. The van der Waals surface area contributed by atoms with Crippen LogP contribution in [0.15, 0.2) is 27.1 Å². The van der Waals surface area contributed by atoms with Crippen LogP contribution in [-0.2, 0) is 0 Å². The van der Waals surface area contributed by atoms with Gasteiger partial charge in [-0.3, -0.25) is 0 Å². The van der Waals surface area contributed by atoms with Crippen molar-refractivity contribution in [2.75, 3.05) is 0 Å². The number of nitrogens with two attached hydrogens (primary N) is 1. The van der Waals surface area contributed by atoms with Gasteiger partial charge in [-0.05, 0) is 56.0 Å². The van der Waals surface area contributed by atoms with E-state index < -0.39 is 0 Å². The monoisotopic (exact) mass is 319 g/mol. The van der Waals surface area contributed by atoms with Crippen LogP contribution < -0.4 is 5.73 Å². The number of unbranched alkanes of at least 4 members (excludes halogenated alkanes) is 1. The first-order chi connectivity index (χ1) is 6.65. The summed E-state index contributed by atoms with van der Waals surface area (Å²) in [6, 6.07) is 6.37. The van der Waals surface area contributed by atoms with Crippen molar-refractivity contribution in [3.8, 4) is 0 Å². The van der Waals surface area contributed by atoms with Gasteiger partial charge in [0, 0.05) is 15.0 Å². The van der Waals surface area contributed by atoms with Gasteiger partial charge in [-0.1, -0.05) is 25.8 Å². The quantitative estimate of drug-likeness (QED) is 0.874. The summed E-state index contributed by atoms with van der Waals surface area (Å²) < 4.78 is 2.14. The molecule has 2 N–H and O–H groups in total. The van der Waals surface area contributed by atoms with Crippen LogP contribution in [0.1, 0.15) is 37.8 Å². The maximum Gasteiger partial charge on any atom is 0.0320 e. The third kappa shape index (κ3) is 3.37. The van der Waals surface area contributed by atoms with Gasteiger partial charge in [0.25, 0.3) is 0 Å². The molecule has 1 aromatic carbocycles. The Labute approximate surface area is 102 Å². The van der Waals surface area contributed by atoms with Crippen LogP contribution >= 0.6 is 31.9 Å². The molecular formula is C11H15Br2N. The van der Waals surface area contributed by atoms with Gasteiger partial charge in [0.15, 0.2) is 0 Å². The standard InChI is InChI=1S/C11H15Br2N/c1-2-3-4-11(14)8-5-6-9(12)10(13)7-8/h5-7,11H,2-4,14H2,1H3/t11-/m1/s1. The van der Waals surface area contributed by atoms with E-state index in [9.17, 15) is 0 Å². The topological polar surface area (TPSA) is 26.0 Å². The molecule has 14 heavy (non-hydrogen) atoms. The molecule has 3 heteroatoms. The lowest BCUT2D eigenvalue weighted by Gasteiger charge is -2.12. The van der Waals surface area contributed by atoms with Gasteiger partial charge in [0.1, 0.15) is 0 Å². The zero-order valence-electron chi connectivity index (χ0n) is 8.26. The third-order valence-electron chi connectivity index (χ3n) is 2.24. The Hall–Kier alpha value is 0.140. The number of rotatable bonds is 4. The highest BCUT2D eigenvalue weighted by atomic mass is 79.9. The van der Waals surface area contributed by atoms with E-state index in [0.29, 0.717) is 0 Å². The highest BCUT2D eigenvalue weighted by Crippen LogP contribution is 2.27. The fourth-order valence-electron chi connectivity index (χ4n) is 1.33. The van der Waals surface area contributed by atoms with Gasteiger partial charge in [-0.15, -0.1) is 0 Å². The van der Waals surface area contributed by atoms with Gasteiger partial charge >= 0.3 is 0 Å². The highest BCUT2D eigenvalue weighted by molar-refractivity contribution is 9.13. The molecule has 0 saturated carbocycles. The van der Waals surface area contributed by atoms with Crippen molar-refractivity contribution >= 4 is 31.9 Å². The molecule has 0 heterocycles. The van der Waals surface area contributed by atoms with Crippen LogP contribution in [0.2, 0.25) is 0 Å². The number of hydrogen-bond acceptors (Lipinski definition) is 1. The van der Waals surface area contributed by atoms with Gasteiger partial charge in [0.05, 0.1) is 0 Å². The second-order valence-corrected chi connectivity index (χ2v) is 5.13. The normalized spacial score (nSPS) is 12.9. The molecule has 78 valence electrons. The first-order valence-corrected chi connectivity index (χ1v) is 6.44. The molecule has 0 fully saturated rings. The van der Waals surface area contributed by atoms with E-state index >= 15 is 0 Å². The number of halogens is 2. The van der Waals surface area contributed by atoms with E-state index in [0.717, 1.165) is 15.4 Å². The van der Waals surface area contributed by atoms with E-state index in [2.05, 4.69) is 50.9 Å². The Morgan fingerprint density at radius 1 is 1.29 bits per heavy atom. The highest BCUT2D eigenvalue weighted by Gasteiger charge is 2.06. The van der Waals surface area contributed by atoms with Crippen molar-refractivity contribution in [2.45, 2.75) is 32.2 Å². The maximum absolute atomic E-state index is 6.06. The number of benzene rings is 1. The molecule has 0 aliphatic carbocycles. The first-order valence-electron chi connectivity index (χ1n) is 4.85. The minimum atomic E-state index is 0.166. The Morgan fingerprint density at radius 3 is 2.57 bits per heavy atom. The van der Waals surface area contributed by atoms with Crippen molar-refractivity contribution < 1.29 is 0 Å². The van der Waals surface area contributed by atoms with E-state index in [1.807, 2.05) is 6.07 Å². The molecule has 0 saturated heterocycles. The smallest absolute Gasteiger partial charge is 0.0320 e. The lowest BCUT2D eigenvalue weighted by molar-refractivity contribution is 0.603. The minimum absolute atomic E-state index is 0.166. The van der Waals surface area contributed by atoms with E-state index in [-0.39, 0.29) is 6.04 Å². The summed E-state index contributed by atoms with van der Waals surface area (Å²) in [6.45, 7) is 2.18. The zero-order chi connectivity index (χ0) is 10.6. The molecule has 0 amide bonds. The molecule has 1 nitrogen and oxygen atoms in total. The van der Waals surface area contributed by atoms with Crippen molar-refractivity contribution in [1.82, 2.24) is 0 Å². The zero-order valence-corrected chi connectivity index (χ0v) is 11.4. The average Bonchev–Trinajstić information content (AvgIpc) is 2.18. The summed E-state index contributed by atoms with van der Waals surface area (Å²) in [7, 11) is 0. The van der Waals surface area contributed by atoms with E-state index in [4.69, 9.17) is 5.73 Å². The second kappa shape index (κ2) is 5.89. The molecule has 0 aliphatic rings. The minimum Gasteiger partial charge on any atom is -0.324 e. The summed E-state index contributed by atoms with van der Waals surface area (Å²) in [5, 5.41) is 0. The van der Waals surface area contributed by atoms with Crippen molar-refractivity contribution in [3.05, 3.63) is 32.7 Å². The molecule has 1 atom stereocenters. The van der Waals surface area contributed by atoms with Gasteiger partial charge in [-0.25, -0.2) is 0 Å². The van der Waals surface area contributed by atoms with Gasteiger partial charge in [-0.2, -0.15) is 0 Å². The van der Waals surface area contributed by atoms with E-state index in [1.54, 1.807) is 0 Å². The van der Waals surface area contributed by atoms with Crippen molar-refractivity contribution in [1.29, 1.82) is 0 Å². The summed E-state index contributed by atoms with van der Waals surface area (Å²) in [6.07, 6.45) is 3.45. The second-order valence-electron chi connectivity index (χ2n) is 3.42. The fourth-order valence-corrected chi connectivity index (χ4v) is 1.98. The molecule has 0 radical (unpaired) electrons. The summed E-state index contributed by atoms with van der Waals surface area (Å²) >= 11 is 6.92. The Kier molecular flexibility index (Phi) is 5.13. The Morgan fingerprint density at radius 2 is 2.00 bits per heavy atom. The third-order valence-corrected chi connectivity index (χ3v) is 4.12. The first kappa shape index (κ1) is 12.2. The molecule has 0 bridgehead atoms. The van der Waals surface area contributed by atoms with Crippen LogP contribution in [0.5, 0.6) is 0 Å². The molecule has 1 rings (SSSR count). The molecule has 0 spiro atoms. The predicted molar refractivity (Wildman–Crippen MR) is 68.3 cm³/mol.